The molecular formula is C21H20ClFN4O. The number of carbonyl (C=O) groups is 1. The first-order chi connectivity index (χ1) is 13.6. The largest absolute Gasteiger partial charge is 0.346 e. The van der Waals surface area contributed by atoms with Gasteiger partial charge < -0.3 is 5.32 Å². The van der Waals surface area contributed by atoms with Gasteiger partial charge in [0.15, 0.2) is 0 Å². The van der Waals surface area contributed by atoms with Crippen LogP contribution in [0.2, 0.25) is 5.02 Å². The zero-order valence-electron chi connectivity index (χ0n) is 15.2. The first kappa shape index (κ1) is 18.6. The second kappa shape index (κ2) is 8.10. The van der Waals surface area contributed by atoms with Gasteiger partial charge in [0.1, 0.15) is 5.82 Å². The van der Waals surface area contributed by atoms with Crippen LogP contribution in [0.5, 0.6) is 0 Å². The van der Waals surface area contributed by atoms with Gasteiger partial charge in [-0.15, -0.1) is 0 Å². The lowest BCUT2D eigenvalue weighted by atomic mass is 10.2. The van der Waals surface area contributed by atoms with Crippen LogP contribution in [-0.4, -0.2) is 20.7 Å². The highest BCUT2D eigenvalue weighted by Gasteiger charge is 2.23. The molecule has 3 aromatic rings. The van der Waals surface area contributed by atoms with Gasteiger partial charge in [0, 0.05) is 6.20 Å². The van der Waals surface area contributed by atoms with Crippen molar-refractivity contribution in [3.05, 3.63) is 70.8 Å². The highest BCUT2D eigenvalue weighted by molar-refractivity contribution is 6.33. The number of aromatic nitrogens is 3. The number of amides is 1. The van der Waals surface area contributed by atoms with Gasteiger partial charge in [0.05, 0.1) is 40.3 Å². The molecule has 0 saturated heterocycles. The molecule has 0 radical (unpaired) electrons. The summed E-state index contributed by atoms with van der Waals surface area (Å²) in [7, 11) is 0. The molecule has 1 fully saturated rings. The molecule has 1 N–H and O–H groups in total. The maximum atomic E-state index is 13.9. The summed E-state index contributed by atoms with van der Waals surface area (Å²) in [5.41, 5.74) is 2.33. The van der Waals surface area contributed by atoms with E-state index >= 15 is 0 Å². The molecule has 7 heteroatoms. The topological polar surface area (TPSA) is 59.8 Å². The highest BCUT2D eigenvalue weighted by Crippen LogP contribution is 2.33. The van der Waals surface area contributed by atoms with Crippen LogP contribution in [0, 0.1) is 5.82 Å². The zero-order chi connectivity index (χ0) is 19.5. The van der Waals surface area contributed by atoms with E-state index in [0.29, 0.717) is 11.7 Å². The first-order valence-electron chi connectivity index (χ1n) is 9.35. The number of rotatable bonds is 5. The van der Waals surface area contributed by atoms with E-state index in [4.69, 9.17) is 16.7 Å². The van der Waals surface area contributed by atoms with E-state index in [1.807, 2.05) is 28.9 Å². The van der Waals surface area contributed by atoms with Crippen molar-refractivity contribution in [2.75, 3.05) is 0 Å². The van der Waals surface area contributed by atoms with Crippen molar-refractivity contribution in [3.63, 3.8) is 0 Å². The number of benzene rings is 1. The van der Waals surface area contributed by atoms with E-state index in [9.17, 15) is 9.18 Å². The lowest BCUT2D eigenvalue weighted by molar-refractivity contribution is 0.0946. The molecule has 0 atom stereocenters. The Kier molecular flexibility index (Phi) is 5.39. The fourth-order valence-corrected chi connectivity index (χ4v) is 3.89. The molecule has 0 unspecified atom stereocenters. The quantitative estimate of drug-likeness (QED) is 0.672. The van der Waals surface area contributed by atoms with Crippen molar-refractivity contribution in [2.45, 2.75) is 38.3 Å². The lowest BCUT2D eigenvalue weighted by Gasteiger charge is -2.13. The van der Waals surface area contributed by atoms with Gasteiger partial charge in [0.2, 0.25) is 0 Å². The molecule has 1 aliphatic carbocycles. The van der Waals surface area contributed by atoms with E-state index < -0.39 is 11.7 Å². The summed E-state index contributed by atoms with van der Waals surface area (Å²) in [4.78, 5) is 16.8. The summed E-state index contributed by atoms with van der Waals surface area (Å²) in [5.74, 6) is -1.20. The Morgan fingerprint density at radius 1 is 1.21 bits per heavy atom. The highest BCUT2D eigenvalue weighted by atomic mass is 35.5. The average Bonchev–Trinajstić information content (AvgIpc) is 3.36. The van der Waals surface area contributed by atoms with E-state index in [-0.39, 0.29) is 17.1 Å². The SMILES string of the molecule is O=C(NCc1cc(-c2ccccn2)n(C2CCCC2)n1)c1c(F)cccc1Cl. The normalized spacial score (nSPS) is 14.4. The molecule has 2 heterocycles. The third-order valence-corrected chi connectivity index (χ3v) is 5.32. The summed E-state index contributed by atoms with van der Waals surface area (Å²) in [5, 5.41) is 7.52. The third kappa shape index (κ3) is 3.78. The van der Waals surface area contributed by atoms with Crippen LogP contribution in [-0.2, 0) is 6.54 Å². The second-order valence-electron chi connectivity index (χ2n) is 6.90. The van der Waals surface area contributed by atoms with Gasteiger partial charge >= 0.3 is 0 Å². The lowest BCUT2D eigenvalue weighted by Crippen LogP contribution is -2.24. The van der Waals surface area contributed by atoms with Gasteiger partial charge in [-0.3, -0.25) is 14.5 Å². The zero-order valence-corrected chi connectivity index (χ0v) is 16.0. The molecule has 5 nitrogen and oxygen atoms in total. The first-order valence-corrected chi connectivity index (χ1v) is 9.73. The van der Waals surface area contributed by atoms with Crippen LogP contribution >= 0.6 is 11.6 Å². The summed E-state index contributed by atoms with van der Waals surface area (Å²) in [6, 6.07) is 12.2. The molecule has 1 aromatic carbocycles. The Morgan fingerprint density at radius 2 is 2.04 bits per heavy atom. The standard InChI is InChI=1S/C21H20ClFN4O/c22-16-8-5-9-17(23)20(16)21(28)25-13-14-12-19(18-10-3-4-11-24-18)27(26-14)15-6-1-2-7-15/h3-5,8-12,15H,1-2,6-7,13H2,(H,25,28). The van der Waals surface area contributed by atoms with Crippen molar-refractivity contribution >= 4 is 17.5 Å². The molecule has 0 aliphatic heterocycles. The van der Waals surface area contributed by atoms with Crippen LogP contribution in [0.1, 0.15) is 47.8 Å². The minimum Gasteiger partial charge on any atom is -0.346 e. The average molecular weight is 399 g/mol. The Morgan fingerprint density at radius 3 is 2.75 bits per heavy atom. The fourth-order valence-electron chi connectivity index (χ4n) is 3.64. The predicted octanol–water partition coefficient (Wildman–Crippen LogP) is 4.78. The Hall–Kier alpha value is -2.73. The Balaban J connectivity index is 1.57. The van der Waals surface area contributed by atoms with Crippen LogP contribution < -0.4 is 5.32 Å². The molecule has 2 aromatic heterocycles. The molecule has 0 bridgehead atoms. The van der Waals surface area contributed by atoms with Crippen LogP contribution in [0.25, 0.3) is 11.4 Å². The minimum absolute atomic E-state index is 0.0863. The number of pyridine rings is 1. The van der Waals surface area contributed by atoms with Crippen molar-refractivity contribution in [1.82, 2.24) is 20.1 Å². The maximum Gasteiger partial charge on any atom is 0.256 e. The van der Waals surface area contributed by atoms with E-state index in [1.165, 1.54) is 31.0 Å². The summed E-state index contributed by atoms with van der Waals surface area (Å²) >= 11 is 5.97. The molecule has 4 rings (SSSR count). The van der Waals surface area contributed by atoms with Gasteiger partial charge in [-0.2, -0.15) is 5.10 Å². The number of carbonyl (C=O) groups excluding carboxylic acids is 1. The van der Waals surface area contributed by atoms with Gasteiger partial charge in [-0.05, 0) is 43.2 Å². The van der Waals surface area contributed by atoms with Crippen LogP contribution in [0.15, 0.2) is 48.7 Å². The minimum atomic E-state index is -0.643. The number of nitrogens with zero attached hydrogens (tertiary/aromatic N) is 3. The summed E-state index contributed by atoms with van der Waals surface area (Å²) in [6.07, 6.45) is 6.29. The fraction of sp³-hybridized carbons (Fsp3) is 0.286. The predicted molar refractivity (Wildman–Crippen MR) is 106 cm³/mol. The molecule has 144 valence electrons. The molecule has 0 spiro atoms. The van der Waals surface area contributed by atoms with E-state index in [0.717, 1.165) is 24.2 Å². The van der Waals surface area contributed by atoms with E-state index in [2.05, 4.69) is 10.3 Å². The number of halogens is 2. The monoisotopic (exact) mass is 398 g/mol. The summed E-state index contributed by atoms with van der Waals surface area (Å²) < 4.78 is 16.0. The second-order valence-corrected chi connectivity index (χ2v) is 7.31. The Labute approximate surface area is 167 Å². The molecular weight excluding hydrogens is 379 g/mol. The van der Waals surface area contributed by atoms with Crippen molar-refractivity contribution in [2.24, 2.45) is 0 Å². The summed E-state index contributed by atoms with van der Waals surface area (Å²) in [6.45, 7) is 0.184. The Bertz CT molecular complexity index is 963. The number of hydrogen-bond acceptors (Lipinski definition) is 3. The van der Waals surface area contributed by atoms with Crippen molar-refractivity contribution < 1.29 is 9.18 Å². The van der Waals surface area contributed by atoms with Crippen molar-refractivity contribution in [1.29, 1.82) is 0 Å². The molecule has 1 saturated carbocycles. The van der Waals surface area contributed by atoms with Gasteiger partial charge in [-0.25, -0.2) is 4.39 Å². The maximum absolute atomic E-state index is 13.9. The van der Waals surface area contributed by atoms with Crippen LogP contribution in [0.4, 0.5) is 4.39 Å². The number of hydrogen-bond donors (Lipinski definition) is 1. The molecule has 1 aliphatic rings. The van der Waals surface area contributed by atoms with Gasteiger partial charge in [0.25, 0.3) is 5.91 Å². The van der Waals surface area contributed by atoms with Crippen molar-refractivity contribution in [3.8, 4) is 11.4 Å². The molecule has 1 amide bonds. The molecule has 28 heavy (non-hydrogen) atoms. The number of nitrogens with one attached hydrogen (secondary N) is 1. The van der Waals surface area contributed by atoms with Crippen LogP contribution in [0.3, 0.4) is 0 Å². The smallest absolute Gasteiger partial charge is 0.256 e. The van der Waals surface area contributed by atoms with Gasteiger partial charge in [-0.1, -0.05) is 36.6 Å². The van der Waals surface area contributed by atoms with E-state index in [1.54, 1.807) is 6.20 Å². The third-order valence-electron chi connectivity index (χ3n) is 5.00.